The summed E-state index contributed by atoms with van der Waals surface area (Å²) in [5, 5.41) is 6.37. The lowest BCUT2D eigenvalue weighted by molar-refractivity contribution is -0.133. The molecule has 19 heavy (non-hydrogen) atoms. The number of nitrogens with one attached hydrogen (secondary N) is 2. The molecule has 1 amide bonds. The van der Waals surface area contributed by atoms with Gasteiger partial charge in [-0.05, 0) is 32.5 Å². The van der Waals surface area contributed by atoms with Gasteiger partial charge in [-0.3, -0.25) is 4.79 Å². The van der Waals surface area contributed by atoms with Crippen LogP contribution in [0.1, 0.15) is 20.3 Å². The summed E-state index contributed by atoms with van der Waals surface area (Å²) in [6, 6.07) is 0. The Labute approximate surface area is 117 Å². The SMILES string of the molecule is COCC1(C(=O)NCC(C)(C)CN(C)C)CCNC1. The van der Waals surface area contributed by atoms with Gasteiger partial charge < -0.3 is 20.3 Å². The summed E-state index contributed by atoms with van der Waals surface area (Å²) in [6.07, 6.45) is 0.848. The van der Waals surface area contributed by atoms with Crippen molar-refractivity contribution in [2.24, 2.45) is 10.8 Å². The van der Waals surface area contributed by atoms with E-state index in [2.05, 4.69) is 43.5 Å². The van der Waals surface area contributed by atoms with Crippen molar-refractivity contribution in [3.8, 4) is 0 Å². The zero-order valence-electron chi connectivity index (χ0n) is 13.0. The van der Waals surface area contributed by atoms with Crippen molar-refractivity contribution in [1.29, 1.82) is 0 Å². The highest BCUT2D eigenvalue weighted by atomic mass is 16.5. The number of nitrogens with zero attached hydrogens (tertiary/aromatic N) is 1. The minimum atomic E-state index is -0.386. The second-order valence-corrected chi connectivity index (χ2v) is 6.72. The Morgan fingerprint density at radius 1 is 1.47 bits per heavy atom. The van der Waals surface area contributed by atoms with E-state index in [4.69, 9.17) is 4.74 Å². The number of methoxy groups -OCH3 is 1. The average molecular weight is 271 g/mol. The van der Waals surface area contributed by atoms with E-state index in [1.165, 1.54) is 0 Å². The Morgan fingerprint density at radius 2 is 2.16 bits per heavy atom. The molecule has 1 aliphatic rings. The standard InChI is InChI=1S/C14H29N3O2/c1-13(2,10-17(3)4)8-16-12(18)14(11-19-5)6-7-15-9-14/h15H,6-11H2,1-5H3,(H,16,18). The first-order valence-electron chi connectivity index (χ1n) is 6.94. The third kappa shape index (κ3) is 4.75. The Kier molecular flexibility index (Phi) is 5.77. The van der Waals surface area contributed by atoms with Crippen LogP contribution in [0.4, 0.5) is 0 Å². The molecule has 0 aromatic carbocycles. The lowest BCUT2D eigenvalue weighted by atomic mass is 9.86. The van der Waals surface area contributed by atoms with Gasteiger partial charge in [0.25, 0.3) is 0 Å². The molecular formula is C14H29N3O2. The van der Waals surface area contributed by atoms with E-state index in [-0.39, 0.29) is 16.7 Å². The van der Waals surface area contributed by atoms with Crippen LogP contribution in [-0.4, -0.2) is 64.8 Å². The molecule has 1 rings (SSSR count). The third-order valence-electron chi connectivity index (χ3n) is 3.62. The van der Waals surface area contributed by atoms with Crippen LogP contribution >= 0.6 is 0 Å². The minimum absolute atomic E-state index is 0.0689. The van der Waals surface area contributed by atoms with E-state index in [1.54, 1.807) is 7.11 Å². The van der Waals surface area contributed by atoms with Crippen LogP contribution in [0.5, 0.6) is 0 Å². The van der Waals surface area contributed by atoms with E-state index < -0.39 is 0 Å². The van der Waals surface area contributed by atoms with Crippen LogP contribution in [-0.2, 0) is 9.53 Å². The maximum atomic E-state index is 12.4. The van der Waals surface area contributed by atoms with Crippen molar-refractivity contribution in [2.45, 2.75) is 20.3 Å². The fourth-order valence-electron chi connectivity index (χ4n) is 2.82. The number of carbonyl (C=O) groups excluding carboxylic acids is 1. The molecule has 1 unspecified atom stereocenters. The Bertz CT molecular complexity index is 297. The van der Waals surface area contributed by atoms with Gasteiger partial charge in [-0.2, -0.15) is 0 Å². The molecule has 0 bridgehead atoms. The molecule has 0 spiro atoms. The second-order valence-electron chi connectivity index (χ2n) is 6.72. The Balaban J connectivity index is 2.53. The molecule has 1 heterocycles. The van der Waals surface area contributed by atoms with Crippen LogP contribution in [0.2, 0.25) is 0 Å². The Hall–Kier alpha value is -0.650. The van der Waals surface area contributed by atoms with Gasteiger partial charge in [0.15, 0.2) is 0 Å². The second kappa shape index (κ2) is 6.68. The largest absolute Gasteiger partial charge is 0.384 e. The number of carbonyl (C=O) groups is 1. The maximum absolute atomic E-state index is 12.4. The van der Waals surface area contributed by atoms with Crippen LogP contribution in [0.15, 0.2) is 0 Å². The molecule has 5 nitrogen and oxygen atoms in total. The summed E-state index contributed by atoms with van der Waals surface area (Å²) in [7, 11) is 5.76. The van der Waals surface area contributed by atoms with Gasteiger partial charge in [-0.1, -0.05) is 13.8 Å². The van der Waals surface area contributed by atoms with Gasteiger partial charge in [0.1, 0.15) is 0 Å². The van der Waals surface area contributed by atoms with Crippen molar-refractivity contribution < 1.29 is 9.53 Å². The monoisotopic (exact) mass is 271 g/mol. The lowest BCUT2D eigenvalue weighted by Crippen LogP contribution is -2.49. The molecule has 1 fully saturated rings. The van der Waals surface area contributed by atoms with E-state index >= 15 is 0 Å². The first-order chi connectivity index (χ1) is 8.81. The zero-order valence-corrected chi connectivity index (χ0v) is 13.0. The van der Waals surface area contributed by atoms with E-state index in [9.17, 15) is 4.79 Å². The molecule has 1 atom stereocenters. The highest BCUT2D eigenvalue weighted by Crippen LogP contribution is 2.26. The quantitative estimate of drug-likeness (QED) is 0.700. The molecule has 2 N–H and O–H groups in total. The first kappa shape index (κ1) is 16.4. The number of hydrogen-bond donors (Lipinski definition) is 2. The fraction of sp³-hybridized carbons (Fsp3) is 0.929. The molecule has 0 aromatic rings. The average Bonchev–Trinajstić information content (AvgIpc) is 2.74. The summed E-state index contributed by atoms with van der Waals surface area (Å²) in [4.78, 5) is 14.6. The minimum Gasteiger partial charge on any atom is -0.384 e. The van der Waals surface area contributed by atoms with Gasteiger partial charge in [-0.15, -0.1) is 0 Å². The smallest absolute Gasteiger partial charge is 0.229 e. The van der Waals surface area contributed by atoms with Gasteiger partial charge >= 0.3 is 0 Å². The van der Waals surface area contributed by atoms with Crippen LogP contribution in [0, 0.1) is 10.8 Å². The summed E-state index contributed by atoms with van der Waals surface area (Å²) in [5.74, 6) is 0.117. The van der Waals surface area contributed by atoms with E-state index in [0.717, 1.165) is 19.5 Å². The number of amides is 1. The third-order valence-corrected chi connectivity index (χ3v) is 3.62. The molecule has 0 radical (unpaired) electrons. The molecule has 1 aliphatic heterocycles. The number of ether oxygens (including phenoxy) is 1. The molecule has 0 aromatic heterocycles. The molecule has 1 saturated heterocycles. The number of hydrogen-bond acceptors (Lipinski definition) is 4. The highest BCUT2D eigenvalue weighted by Gasteiger charge is 2.41. The van der Waals surface area contributed by atoms with Gasteiger partial charge in [-0.25, -0.2) is 0 Å². The predicted molar refractivity (Wildman–Crippen MR) is 77.1 cm³/mol. The normalized spacial score (nSPS) is 23.9. The maximum Gasteiger partial charge on any atom is 0.229 e. The zero-order chi connectivity index (χ0) is 14.5. The molecule has 5 heteroatoms. The van der Waals surface area contributed by atoms with E-state index in [1.807, 2.05) is 0 Å². The lowest BCUT2D eigenvalue weighted by Gasteiger charge is -2.31. The molecular weight excluding hydrogens is 242 g/mol. The topological polar surface area (TPSA) is 53.6 Å². The predicted octanol–water partition coefficient (Wildman–Crippen LogP) is 0.317. The van der Waals surface area contributed by atoms with Gasteiger partial charge in [0.2, 0.25) is 5.91 Å². The van der Waals surface area contributed by atoms with Crippen molar-refractivity contribution >= 4 is 5.91 Å². The summed E-state index contributed by atoms with van der Waals surface area (Å²) < 4.78 is 5.24. The van der Waals surface area contributed by atoms with Gasteiger partial charge in [0, 0.05) is 26.7 Å². The molecule has 0 aliphatic carbocycles. The molecule has 112 valence electrons. The van der Waals surface area contributed by atoms with Crippen molar-refractivity contribution in [3.63, 3.8) is 0 Å². The van der Waals surface area contributed by atoms with Crippen LogP contribution in [0.25, 0.3) is 0 Å². The van der Waals surface area contributed by atoms with Crippen molar-refractivity contribution in [1.82, 2.24) is 15.5 Å². The summed E-state index contributed by atoms with van der Waals surface area (Å²) in [5.41, 5.74) is -0.317. The van der Waals surface area contributed by atoms with E-state index in [0.29, 0.717) is 19.7 Å². The van der Waals surface area contributed by atoms with Crippen LogP contribution < -0.4 is 10.6 Å². The van der Waals surface area contributed by atoms with Crippen molar-refractivity contribution in [2.75, 3.05) is 54.0 Å². The molecule has 0 saturated carbocycles. The summed E-state index contributed by atoms with van der Waals surface area (Å²) >= 11 is 0. The first-order valence-corrected chi connectivity index (χ1v) is 6.94. The van der Waals surface area contributed by atoms with Crippen molar-refractivity contribution in [3.05, 3.63) is 0 Å². The summed E-state index contributed by atoms with van der Waals surface area (Å²) in [6.45, 7) is 8.06. The highest BCUT2D eigenvalue weighted by molar-refractivity contribution is 5.83. The van der Waals surface area contributed by atoms with Crippen LogP contribution in [0.3, 0.4) is 0 Å². The number of rotatable bonds is 7. The Morgan fingerprint density at radius 3 is 2.63 bits per heavy atom. The van der Waals surface area contributed by atoms with Gasteiger partial charge in [0.05, 0.1) is 12.0 Å². The fourth-order valence-corrected chi connectivity index (χ4v) is 2.82.